The van der Waals surface area contributed by atoms with Crippen LogP contribution in [0, 0.1) is 0 Å². The molecule has 3 rings (SSSR count). The Balaban J connectivity index is 1.87. The molecule has 1 atom stereocenters. The number of ether oxygens (including phenoxy) is 2. The largest absolute Gasteiger partial charge is 0.467 e. The molecule has 1 heterocycles. The minimum Gasteiger partial charge on any atom is -0.467 e. The lowest BCUT2D eigenvalue weighted by Gasteiger charge is -2.22. The second-order valence-electron chi connectivity index (χ2n) is 9.20. The molecule has 1 N–H and O–H groups in total. The van der Waals surface area contributed by atoms with Crippen LogP contribution in [0.4, 0.5) is 4.79 Å². The van der Waals surface area contributed by atoms with E-state index in [2.05, 4.69) is 29.4 Å². The molecule has 0 unspecified atom stereocenters. The molecule has 0 fully saturated rings. The maximum atomic E-state index is 12.3. The highest BCUT2D eigenvalue weighted by Gasteiger charge is 2.25. The first kappa shape index (κ1) is 25.7. The molecule has 0 spiro atoms. The molecule has 3 aromatic rings. The van der Waals surface area contributed by atoms with Gasteiger partial charge in [-0.05, 0) is 62.1 Å². The second kappa shape index (κ2) is 11.5. The number of nitrogens with one attached hydrogen (secondary N) is 1. The summed E-state index contributed by atoms with van der Waals surface area (Å²) < 4.78 is 10.2. The summed E-state index contributed by atoms with van der Waals surface area (Å²) in [7, 11) is 1.30. The van der Waals surface area contributed by atoms with Crippen LogP contribution in [0.3, 0.4) is 0 Å². The summed E-state index contributed by atoms with van der Waals surface area (Å²) in [6.45, 7) is 7.38. The van der Waals surface area contributed by atoms with E-state index in [4.69, 9.17) is 9.47 Å². The lowest BCUT2D eigenvalue weighted by Crippen LogP contribution is -2.45. The molecular weight excluding hydrogens is 440 g/mol. The van der Waals surface area contributed by atoms with Crippen molar-refractivity contribution in [1.29, 1.82) is 0 Å². The smallest absolute Gasteiger partial charge is 0.408 e. The Labute approximate surface area is 207 Å². The topological polar surface area (TPSA) is 77.5 Å². The van der Waals surface area contributed by atoms with Crippen molar-refractivity contribution in [2.45, 2.75) is 45.8 Å². The van der Waals surface area contributed by atoms with E-state index in [1.54, 1.807) is 27.0 Å². The first-order valence-electron chi connectivity index (χ1n) is 11.5. The van der Waals surface area contributed by atoms with Gasteiger partial charge < -0.3 is 14.8 Å². The average molecular weight is 473 g/mol. The summed E-state index contributed by atoms with van der Waals surface area (Å²) in [6, 6.07) is 23.1. The van der Waals surface area contributed by atoms with Gasteiger partial charge in [0.2, 0.25) is 0 Å². The van der Waals surface area contributed by atoms with Gasteiger partial charge in [0.05, 0.1) is 12.8 Å². The number of carbonyl (C=O) groups excluding carboxylic acids is 2. The first-order valence-corrected chi connectivity index (χ1v) is 11.5. The van der Waals surface area contributed by atoms with Gasteiger partial charge in [0.15, 0.2) is 0 Å². The molecule has 0 saturated carbocycles. The van der Waals surface area contributed by atoms with E-state index in [1.165, 1.54) is 7.11 Å². The molecule has 0 bridgehead atoms. The maximum absolute atomic E-state index is 12.3. The number of benzene rings is 2. The molecule has 0 saturated heterocycles. The summed E-state index contributed by atoms with van der Waals surface area (Å²) in [6.07, 6.45) is 1.41. The Kier molecular flexibility index (Phi) is 8.42. The van der Waals surface area contributed by atoms with Gasteiger partial charge in [0, 0.05) is 18.2 Å². The zero-order valence-electron chi connectivity index (χ0n) is 20.9. The Bertz CT molecular complexity index is 1120. The highest BCUT2D eigenvalue weighted by atomic mass is 16.6. The molecule has 1 amide bonds. The van der Waals surface area contributed by atoms with Crippen molar-refractivity contribution < 1.29 is 19.1 Å². The molecule has 1 aromatic heterocycles. The van der Waals surface area contributed by atoms with E-state index in [1.807, 2.05) is 60.7 Å². The van der Waals surface area contributed by atoms with E-state index in [9.17, 15) is 9.59 Å². The van der Waals surface area contributed by atoms with Gasteiger partial charge in [-0.1, -0.05) is 60.7 Å². The first-order chi connectivity index (χ1) is 16.7. The van der Waals surface area contributed by atoms with E-state index >= 15 is 0 Å². The third-order valence-corrected chi connectivity index (χ3v) is 5.36. The Morgan fingerprint density at radius 3 is 2.14 bits per heavy atom. The monoisotopic (exact) mass is 472 g/mol. The lowest BCUT2D eigenvalue weighted by atomic mass is 9.92. The van der Waals surface area contributed by atoms with Gasteiger partial charge in [-0.25, -0.2) is 9.59 Å². The van der Waals surface area contributed by atoms with Crippen molar-refractivity contribution >= 4 is 23.2 Å². The van der Waals surface area contributed by atoms with Gasteiger partial charge in [0.1, 0.15) is 11.6 Å². The highest BCUT2D eigenvalue weighted by molar-refractivity contribution is 5.96. The number of aromatic nitrogens is 1. The Hall–Kier alpha value is -3.93. The molecule has 6 heteroatoms. The van der Waals surface area contributed by atoms with E-state index in [0.29, 0.717) is 0 Å². The van der Waals surface area contributed by atoms with Gasteiger partial charge in [0.25, 0.3) is 0 Å². The number of amides is 1. The number of nitrogens with zero attached hydrogens (tertiary/aromatic N) is 1. The lowest BCUT2D eigenvalue weighted by molar-refractivity contribution is -0.143. The molecule has 6 nitrogen and oxygen atoms in total. The van der Waals surface area contributed by atoms with Crippen molar-refractivity contribution in [1.82, 2.24) is 10.3 Å². The Morgan fingerprint density at radius 2 is 1.57 bits per heavy atom. The predicted octanol–water partition coefficient (Wildman–Crippen LogP) is 5.67. The quantitative estimate of drug-likeness (QED) is 0.354. The van der Waals surface area contributed by atoms with Gasteiger partial charge in [-0.15, -0.1) is 0 Å². The molecule has 0 aliphatic rings. The summed E-state index contributed by atoms with van der Waals surface area (Å²) in [5.41, 5.74) is 5.36. The van der Waals surface area contributed by atoms with E-state index in [-0.39, 0.29) is 6.42 Å². The summed E-state index contributed by atoms with van der Waals surface area (Å²) in [5.74, 6) is -0.530. The zero-order chi connectivity index (χ0) is 25.4. The van der Waals surface area contributed by atoms with Crippen molar-refractivity contribution in [2.24, 2.45) is 0 Å². The number of esters is 1. The van der Waals surface area contributed by atoms with Crippen molar-refractivity contribution in [2.75, 3.05) is 7.11 Å². The third-order valence-electron chi connectivity index (χ3n) is 5.36. The SMILES string of the molecule is COC(=O)[C@H](Cc1ccc(/C(C)=C(/c2ccccc2)c2ccccn2)cc1)NC(=O)OC(C)(C)C. The van der Waals surface area contributed by atoms with Crippen LogP contribution in [-0.4, -0.2) is 35.8 Å². The predicted molar refractivity (Wildman–Crippen MR) is 138 cm³/mol. The van der Waals surface area contributed by atoms with Crippen LogP contribution in [0.15, 0.2) is 79.0 Å². The van der Waals surface area contributed by atoms with Crippen LogP contribution in [0.1, 0.15) is 50.1 Å². The second-order valence-corrected chi connectivity index (χ2v) is 9.20. The minimum absolute atomic E-state index is 0.279. The number of pyridine rings is 1. The van der Waals surface area contributed by atoms with Crippen molar-refractivity contribution in [3.05, 3.63) is 101 Å². The van der Waals surface area contributed by atoms with E-state index in [0.717, 1.165) is 33.5 Å². The van der Waals surface area contributed by atoms with Crippen molar-refractivity contribution in [3.63, 3.8) is 0 Å². The Morgan fingerprint density at radius 1 is 0.914 bits per heavy atom. The van der Waals surface area contributed by atoms with Crippen molar-refractivity contribution in [3.8, 4) is 0 Å². The summed E-state index contributed by atoms with van der Waals surface area (Å²) >= 11 is 0. The normalized spacial score (nSPS) is 12.8. The van der Waals surface area contributed by atoms with Crippen LogP contribution < -0.4 is 5.32 Å². The van der Waals surface area contributed by atoms with Gasteiger partial charge in [-0.2, -0.15) is 0 Å². The van der Waals surface area contributed by atoms with Gasteiger partial charge in [-0.3, -0.25) is 4.98 Å². The number of hydrogen-bond donors (Lipinski definition) is 1. The molecule has 182 valence electrons. The van der Waals surface area contributed by atoms with Crippen LogP contribution in [0.2, 0.25) is 0 Å². The van der Waals surface area contributed by atoms with E-state index < -0.39 is 23.7 Å². The van der Waals surface area contributed by atoms with Crippen LogP contribution in [0.25, 0.3) is 11.1 Å². The number of alkyl carbamates (subject to hydrolysis) is 1. The fourth-order valence-electron chi connectivity index (χ4n) is 3.73. The van der Waals surface area contributed by atoms with Crippen LogP contribution in [0.5, 0.6) is 0 Å². The number of allylic oxidation sites excluding steroid dienone is 1. The number of carbonyl (C=O) groups is 2. The number of methoxy groups -OCH3 is 1. The third kappa shape index (κ3) is 7.27. The molecule has 0 aliphatic heterocycles. The standard InChI is InChI=1S/C29H32N2O4/c1-20(26(23-11-7-6-8-12-23)24-13-9-10-18-30-24)22-16-14-21(15-17-22)19-25(27(32)34-5)31-28(33)35-29(2,3)4/h6-18,25H,19H2,1-5H3,(H,31,33)/b26-20-/t25-/m0/s1. The highest BCUT2D eigenvalue weighted by Crippen LogP contribution is 2.31. The summed E-state index contributed by atoms with van der Waals surface area (Å²) in [4.78, 5) is 29.1. The molecule has 0 aliphatic carbocycles. The fourth-order valence-corrected chi connectivity index (χ4v) is 3.73. The maximum Gasteiger partial charge on any atom is 0.408 e. The van der Waals surface area contributed by atoms with Gasteiger partial charge >= 0.3 is 12.1 Å². The number of hydrogen-bond acceptors (Lipinski definition) is 5. The summed E-state index contributed by atoms with van der Waals surface area (Å²) in [5, 5.41) is 2.62. The van der Waals surface area contributed by atoms with Crippen LogP contribution >= 0.6 is 0 Å². The molecule has 35 heavy (non-hydrogen) atoms. The zero-order valence-corrected chi connectivity index (χ0v) is 20.9. The molecule has 2 aromatic carbocycles. The van der Waals surface area contributed by atoms with Crippen LogP contribution in [-0.2, 0) is 20.7 Å². The molecular formula is C29H32N2O4. The number of rotatable bonds is 7. The fraction of sp³-hybridized carbons (Fsp3) is 0.276. The minimum atomic E-state index is -0.856. The average Bonchev–Trinajstić information content (AvgIpc) is 2.84. The molecule has 0 radical (unpaired) electrons.